The molecular weight excluding hydrogens is 637 g/mol. The van der Waals surface area contributed by atoms with Gasteiger partial charge in [-0.05, 0) is 53.9 Å². The van der Waals surface area contributed by atoms with Crippen LogP contribution in [0.1, 0.15) is 0 Å². The number of rotatable bonds is 5. The van der Waals surface area contributed by atoms with Crippen LogP contribution in [0.3, 0.4) is 0 Å². The zero-order valence-electron chi connectivity index (χ0n) is 27.9. The smallest absolute Gasteiger partial charge is 0.278 e. The predicted molar refractivity (Wildman–Crippen MR) is 209 cm³/mol. The summed E-state index contributed by atoms with van der Waals surface area (Å²) in [6.07, 6.45) is 0. The van der Waals surface area contributed by atoms with Crippen LogP contribution in [0.4, 0.5) is 0 Å². The summed E-state index contributed by atoms with van der Waals surface area (Å²) >= 11 is 0. The summed E-state index contributed by atoms with van der Waals surface area (Å²) < 4.78 is 7.10. The Balaban J connectivity index is 1.36. The third kappa shape index (κ3) is 4.12. The number of para-hydroxylation sites is 2. The molecule has 11 rings (SSSR count). The van der Waals surface area contributed by atoms with Crippen LogP contribution < -0.4 is 4.57 Å². The van der Waals surface area contributed by atoms with E-state index in [1.165, 1.54) is 16.2 Å². The van der Waals surface area contributed by atoms with Crippen molar-refractivity contribution in [2.24, 2.45) is 0 Å². The van der Waals surface area contributed by atoms with Crippen LogP contribution in [-0.4, -0.2) is 23.9 Å². The van der Waals surface area contributed by atoms with Gasteiger partial charge in [-0.3, -0.25) is 4.57 Å². The molecular formula is C46H29N6+. The van der Waals surface area contributed by atoms with E-state index in [1.807, 2.05) is 36.4 Å². The number of nitrogens with zero attached hydrogens (tertiary/aromatic N) is 6. The van der Waals surface area contributed by atoms with Crippen molar-refractivity contribution in [2.75, 3.05) is 0 Å². The normalized spacial score (nSPS) is 11.8. The highest BCUT2D eigenvalue weighted by molar-refractivity contribution is 6.29. The lowest BCUT2D eigenvalue weighted by molar-refractivity contribution is -0.555. The second kappa shape index (κ2) is 11.2. The average molecular weight is 666 g/mol. The number of benzene rings is 7. The Bertz CT molecular complexity index is 3040. The fraction of sp³-hybridized carbons (Fsp3) is 0. The molecule has 0 aliphatic rings. The van der Waals surface area contributed by atoms with Gasteiger partial charge in [0.25, 0.3) is 5.82 Å². The molecule has 0 aliphatic carbocycles. The number of hydrogen-bond acceptors (Lipinski definition) is 3. The molecule has 0 aliphatic heterocycles. The molecule has 0 amide bonds. The molecule has 0 atom stereocenters. The first-order valence-electron chi connectivity index (χ1n) is 17.5. The van der Waals surface area contributed by atoms with Crippen molar-refractivity contribution in [3.8, 4) is 45.8 Å². The molecule has 6 heteroatoms. The first kappa shape index (κ1) is 28.6. The van der Waals surface area contributed by atoms with Crippen molar-refractivity contribution in [2.45, 2.75) is 0 Å². The van der Waals surface area contributed by atoms with Crippen LogP contribution in [0.2, 0.25) is 0 Å². The lowest BCUT2D eigenvalue weighted by atomic mass is 10.1. The van der Waals surface area contributed by atoms with E-state index in [0.29, 0.717) is 17.6 Å². The molecule has 4 heterocycles. The van der Waals surface area contributed by atoms with E-state index >= 15 is 0 Å². The van der Waals surface area contributed by atoms with E-state index in [4.69, 9.17) is 15.0 Å². The topological polar surface area (TPSA) is 51.9 Å². The Morgan fingerprint density at radius 1 is 0.404 bits per heavy atom. The highest BCUT2D eigenvalue weighted by Gasteiger charge is 2.33. The van der Waals surface area contributed by atoms with Gasteiger partial charge < -0.3 is 0 Å². The summed E-state index contributed by atoms with van der Waals surface area (Å²) in [5.41, 5.74) is 9.58. The lowest BCUT2D eigenvalue weighted by Crippen LogP contribution is -2.32. The predicted octanol–water partition coefficient (Wildman–Crippen LogP) is 10.2. The van der Waals surface area contributed by atoms with E-state index < -0.39 is 0 Å². The molecule has 0 fully saturated rings. The van der Waals surface area contributed by atoms with E-state index in [0.717, 1.165) is 61.2 Å². The van der Waals surface area contributed by atoms with E-state index in [2.05, 4.69) is 153 Å². The minimum absolute atomic E-state index is 0.579. The molecule has 11 aromatic rings. The maximum absolute atomic E-state index is 5.21. The average Bonchev–Trinajstić information content (AvgIpc) is 3.71. The Morgan fingerprint density at radius 2 is 0.942 bits per heavy atom. The zero-order chi connectivity index (χ0) is 34.2. The Morgan fingerprint density at radius 3 is 1.62 bits per heavy atom. The summed E-state index contributed by atoms with van der Waals surface area (Å²) in [5, 5.41) is 4.69. The largest absolute Gasteiger partial charge is 0.300 e. The fourth-order valence-corrected chi connectivity index (χ4v) is 8.00. The Hall–Kier alpha value is -7.18. The number of hydrogen-bond donors (Lipinski definition) is 0. The standard InChI is InChI=1S/C46H29N6/c1-5-16-30(17-6-1)43-47-44(31-18-7-2-8-19-31)49-46(48-43)51-37-27-15-25-35-34-24-13-14-26-36(34)52-42-39(29-28-38(51)41(42)40(35)37)50(33-22-11-4-12-23-33)45(52)32-20-9-3-10-21-32/h1-29H/q+1. The molecule has 6 nitrogen and oxygen atoms in total. The minimum Gasteiger partial charge on any atom is -0.278 e. The van der Waals surface area contributed by atoms with Crippen LogP contribution in [0.15, 0.2) is 176 Å². The van der Waals surface area contributed by atoms with Gasteiger partial charge in [0, 0.05) is 21.9 Å². The maximum atomic E-state index is 5.21. The third-order valence-corrected chi connectivity index (χ3v) is 10.2. The van der Waals surface area contributed by atoms with Gasteiger partial charge in [0.1, 0.15) is 11.2 Å². The highest BCUT2D eigenvalue weighted by Crippen LogP contribution is 2.43. The highest BCUT2D eigenvalue weighted by atomic mass is 15.2. The molecule has 0 saturated carbocycles. The lowest BCUT2D eigenvalue weighted by Gasteiger charge is -2.11. The van der Waals surface area contributed by atoms with E-state index in [9.17, 15) is 0 Å². The second-order valence-electron chi connectivity index (χ2n) is 13.1. The molecule has 242 valence electrons. The van der Waals surface area contributed by atoms with Gasteiger partial charge in [-0.25, -0.2) is 4.98 Å². The number of aromatic nitrogens is 6. The third-order valence-electron chi connectivity index (χ3n) is 10.2. The quantitative estimate of drug-likeness (QED) is 0.172. The minimum atomic E-state index is 0.579. The van der Waals surface area contributed by atoms with Crippen LogP contribution in [-0.2, 0) is 0 Å². The summed E-state index contributed by atoms with van der Waals surface area (Å²) in [4.78, 5) is 15.4. The molecule has 0 N–H and O–H groups in total. The van der Waals surface area contributed by atoms with Gasteiger partial charge >= 0.3 is 0 Å². The van der Waals surface area contributed by atoms with Gasteiger partial charge in [0.05, 0.1) is 22.0 Å². The first-order chi connectivity index (χ1) is 25.8. The number of fused-ring (bicyclic) bond motifs is 3. The van der Waals surface area contributed by atoms with Gasteiger partial charge in [-0.15, -0.1) is 0 Å². The fourth-order valence-electron chi connectivity index (χ4n) is 8.00. The molecule has 0 unspecified atom stereocenters. The molecule has 52 heavy (non-hydrogen) atoms. The van der Waals surface area contributed by atoms with Crippen LogP contribution in [0, 0.1) is 0 Å². The first-order valence-corrected chi connectivity index (χ1v) is 17.5. The van der Waals surface area contributed by atoms with Gasteiger partial charge in [-0.1, -0.05) is 127 Å². The van der Waals surface area contributed by atoms with Crippen molar-refractivity contribution in [1.82, 2.24) is 23.9 Å². The van der Waals surface area contributed by atoms with Gasteiger partial charge in [0.15, 0.2) is 22.7 Å². The summed E-state index contributed by atoms with van der Waals surface area (Å²) in [6.45, 7) is 0. The van der Waals surface area contributed by atoms with Crippen LogP contribution in [0.5, 0.6) is 0 Å². The SMILES string of the molecule is c1ccc(-c2nc(-c3ccccc3)nc(-n3c4cccc5c6ccccc6n6c(-c7ccccc7)[n+](-c7ccccc7)c7ccc3c(c54)c76)n2)cc1. The molecule has 7 aromatic carbocycles. The maximum Gasteiger partial charge on any atom is 0.300 e. The monoisotopic (exact) mass is 665 g/mol. The van der Waals surface area contributed by atoms with Crippen LogP contribution >= 0.6 is 0 Å². The van der Waals surface area contributed by atoms with Crippen molar-refractivity contribution in [3.05, 3.63) is 176 Å². The summed E-state index contributed by atoms with van der Waals surface area (Å²) in [7, 11) is 0. The second-order valence-corrected chi connectivity index (χ2v) is 13.1. The Labute approximate surface area is 298 Å². The molecule has 0 saturated heterocycles. The van der Waals surface area contributed by atoms with Crippen molar-refractivity contribution < 1.29 is 4.57 Å². The molecule has 4 aromatic heterocycles. The van der Waals surface area contributed by atoms with Crippen LogP contribution in [0.25, 0.3) is 94.9 Å². The van der Waals surface area contributed by atoms with E-state index in [1.54, 1.807) is 0 Å². The summed E-state index contributed by atoms with van der Waals surface area (Å²) in [6, 6.07) is 61.6. The van der Waals surface area contributed by atoms with Crippen molar-refractivity contribution in [1.29, 1.82) is 0 Å². The summed E-state index contributed by atoms with van der Waals surface area (Å²) in [5.74, 6) is 2.93. The molecule has 0 radical (unpaired) electrons. The van der Waals surface area contributed by atoms with Gasteiger partial charge in [-0.2, -0.15) is 18.9 Å². The Kier molecular flexibility index (Phi) is 6.15. The van der Waals surface area contributed by atoms with E-state index in [-0.39, 0.29) is 0 Å². The molecule has 0 bridgehead atoms. The van der Waals surface area contributed by atoms with Gasteiger partial charge in [0.2, 0.25) is 5.95 Å². The van der Waals surface area contributed by atoms with Crippen molar-refractivity contribution >= 4 is 49.1 Å². The molecule has 0 spiro atoms. The van der Waals surface area contributed by atoms with Crippen molar-refractivity contribution in [3.63, 3.8) is 0 Å². The number of imidazole rings is 1. The zero-order valence-corrected chi connectivity index (χ0v) is 27.9.